The lowest BCUT2D eigenvalue weighted by atomic mass is 10.2. The number of azo groups is 2. The Morgan fingerprint density at radius 1 is 0.543 bits per heavy atom. The Kier molecular flexibility index (Phi) is 12.3. The summed E-state index contributed by atoms with van der Waals surface area (Å²) in [5, 5.41) is 18.5. The van der Waals surface area contributed by atoms with Gasteiger partial charge in [0.25, 0.3) is 0 Å². The lowest BCUT2D eigenvalue weighted by molar-refractivity contribution is 0.309. The van der Waals surface area contributed by atoms with Crippen molar-refractivity contribution in [3.8, 4) is 11.5 Å². The fourth-order valence-electron chi connectivity index (χ4n) is 4.89. The molecule has 5 rings (SSSR count). The van der Waals surface area contributed by atoms with E-state index >= 15 is 0 Å². The first-order chi connectivity index (χ1) is 22.5. The molecule has 0 unspecified atom stereocenters. The summed E-state index contributed by atoms with van der Waals surface area (Å²) in [6.45, 7) is 9.30. The second-order valence-electron chi connectivity index (χ2n) is 11.0. The van der Waals surface area contributed by atoms with Crippen molar-refractivity contribution in [3.05, 3.63) is 95.0 Å². The lowest BCUT2D eigenvalue weighted by Gasteiger charge is -2.37. The van der Waals surface area contributed by atoms with Crippen LogP contribution in [-0.2, 0) is 0 Å². The molecule has 0 aliphatic carbocycles. The zero-order valence-corrected chi connectivity index (χ0v) is 27.9. The summed E-state index contributed by atoms with van der Waals surface area (Å²) < 4.78 is 11.4. The van der Waals surface area contributed by atoms with E-state index in [9.17, 15) is 0 Å². The average molecular weight is 660 g/mol. The number of nitrogens with zero attached hydrogens (tertiary/aromatic N) is 6. The van der Waals surface area contributed by atoms with Gasteiger partial charge in [0.1, 0.15) is 22.9 Å². The van der Waals surface area contributed by atoms with E-state index in [0.717, 1.165) is 74.7 Å². The molecule has 1 fully saturated rings. The molecule has 10 heteroatoms. The number of ether oxygens (including phenoxy) is 2. The van der Waals surface area contributed by atoms with Crippen molar-refractivity contribution in [1.29, 1.82) is 0 Å². The predicted molar refractivity (Wildman–Crippen MR) is 189 cm³/mol. The van der Waals surface area contributed by atoms with Crippen LogP contribution < -0.4 is 19.3 Å². The van der Waals surface area contributed by atoms with Gasteiger partial charge in [0.15, 0.2) is 0 Å². The summed E-state index contributed by atoms with van der Waals surface area (Å²) in [6, 6.07) is 27.3. The van der Waals surface area contributed by atoms with Gasteiger partial charge in [0.05, 0.1) is 34.6 Å². The Morgan fingerprint density at radius 3 is 1.28 bits per heavy atom. The number of unbranched alkanes of at least 4 members (excludes halogenated alkanes) is 2. The van der Waals surface area contributed by atoms with Gasteiger partial charge in [-0.1, -0.05) is 49.9 Å². The Balaban J connectivity index is 1.10. The van der Waals surface area contributed by atoms with Gasteiger partial charge in [-0.2, -0.15) is 10.2 Å². The van der Waals surface area contributed by atoms with Crippen molar-refractivity contribution in [2.75, 3.05) is 49.2 Å². The minimum atomic E-state index is 0.519. The highest BCUT2D eigenvalue weighted by molar-refractivity contribution is 6.33. The Hall–Kier alpha value is -4.14. The zero-order chi connectivity index (χ0) is 32.1. The second kappa shape index (κ2) is 17.0. The van der Waals surface area contributed by atoms with Crippen LogP contribution in [0.5, 0.6) is 11.5 Å². The first-order valence-electron chi connectivity index (χ1n) is 15.9. The fourth-order valence-corrected chi connectivity index (χ4v) is 5.31. The van der Waals surface area contributed by atoms with E-state index in [1.807, 2.05) is 48.5 Å². The molecule has 1 aliphatic heterocycles. The van der Waals surface area contributed by atoms with Crippen molar-refractivity contribution in [2.45, 2.75) is 39.5 Å². The number of halogens is 2. The summed E-state index contributed by atoms with van der Waals surface area (Å²) >= 11 is 12.8. The number of benzene rings is 4. The molecule has 1 heterocycles. The Labute approximate surface area is 281 Å². The lowest BCUT2D eigenvalue weighted by Crippen LogP contribution is -2.46. The zero-order valence-electron chi connectivity index (χ0n) is 26.4. The first kappa shape index (κ1) is 33.2. The quantitative estimate of drug-likeness (QED) is 0.0997. The molecule has 0 spiro atoms. The molecule has 0 amide bonds. The van der Waals surface area contributed by atoms with Gasteiger partial charge in [0.2, 0.25) is 0 Å². The number of piperazine rings is 1. The summed E-state index contributed by atoms with van der Waals surface area (Å²) in [6.07, 6.45) is 4.19. The molecule has 0 bridgehead atoms. The van der Waals surface area contributed by atoms with Gasteiger partial charge in [0, 0.05) is 49.7 Å². The Morgan fingerprint density at radius 2 is 0.935 bits per heavy atom. The van der Waals surface area contributed by atoms with Crippen molar-refractivity contribution in [2.24, 2.45) is 20.5 Å². The first-order valence-corrected chi connectivity index (χ1v) is 16.7. The number of hydrogen-bond donors (Lipinski definition) is 0. The third-order valence-electron chi connectivity index (χ3n) is 7.63. The molecule has 0 N–H and O–H groups in total. The molecule has 0 saturated carbocycles. The van der Waals surface area contributed by atoms with Crippen LogP contribution in [0.2, 0.25) is 10.0 Å². The summed E-state index contributed by atoms with van der Waals surface area (Å²) in [5.41, 5.74) is 5.11. The number of anilines is 2. The smallest absolute Gasteiger partial charge is 0.120 e. The van der Waals surface area contributed by atoms with E-state index < -0.39 is 0 Å². The largest absolute Gasteiger partial charge is 0.494 e. The third-order valence-corrected chi connectivity index (χ3v) is 8.23. The molecule has 0 radical (unpaired) electrons. The topological polar surface area (TPSA) is 74.4 Å². The molecule has 0 aromatic heterocycles. The monoisotopic (exact) mass is 658 g/mol. The van der Waals surface area contributed by atoms with E-state index in [0.29, 0.717) is 34.6 Å². The van der Waals surface area contributed by atoms with Gasteiger partial charge >= 0.3 is 0 Å². The van der Waals surface area contributed by atoms with Crippen molar-refractivity contribution >= 4 is 57.3 Å². The van der Waals surface area contributed by atoms with Crippen LogP contribution in [0.1, 0.15) is 39.5 Å². The van der Waals surface area contributed by atoms with E-state index in [2.05, 4.69) is 68.4 Å². The number of hydrogen-bond acceptors (Lipinski definition) is 8. The molecule has 8 nitrogen and oxygen atoms in total. The Bertz CT molecular complexity index is 1480. The van der Waals surface area contributed by atoms with Crippen LogP contribution in [0.15, 0.2) is 105 Å². The molecule has 4 aromatic rings. The SMILES string of the molecule is CCCCOc1ccc(/N=N/c2ccc(N3CCN(c4ccc(/N=N/c5ccc(OCCCC)cc5Cl)cc4)CC3)cc2)c(Cl)c1. The molecule has 0 atom stereocenters. The van der Waals surface area contributed by atoms with Crippen molar-refractivity contribution in [3.63, 3.8) is 0 Å². The van der Waals surface area contributed by atoms with Crippen LogP contribution in [-0.4, -0.2) is 39.4 Å². The third kappa shape index (κ3) is 9.44. The second-order valence-corrected chi connectivity index (χ2v) is 11.9. The van der Waals surface area contributed by atoms with Crippen molar-refractivity contribution < 1.29 is 9.47 Å². The van der Waals surface area contributed by atoms with Crippen LogP contribution >= 0.6 is 23.2 Å². The summed E-state index contributed by atoms with van der Waals surface area (Å²) in [5.74, 6) is 1.50. The minimum absolute atomic E-state index is 0.519. The molecular formula is C36H40Cl2N6O2. The highest BCUT2D eigenvalue weighted by atomic mass is 35.5. The van der Waals surface area contributed by atoms with E-state index in [1.54, 1.807) is 12.1 Å². The maximum absolute atomic E-state index is 6.40. The van der Waals surface area contributed by atoms with E-state index in [-0.39, 0.29) is 0 Å². The maximum Gasteiger partial charge on any atom is 0.120 e. The van der Waals surface area contributed by atoms with Gasteiger partial charge in [-0.15, -0.1) is 10.2 Å². The predicted octanol–water partition coefficient (Wildman–Crippen LogP) is 11.5. The minimum Gasteiger partial charge on any atom is -0.494 e. The van der Waals surface area contributed by atoms with Gasteiger partial charge < -0.3 is 19.3 Å². The average Bonchev–Trinajstić information content (AvgIpc) is 3.08. The molecule has 1 aliphatic rings. The number of rotatable bonds is 14. The normalized spacial score (nSPS) is 13.6. The fraction of sp³-hybridized carbons (Fsp3) is 0.333. The molecule has 4 aromatic carbocycles. The summed E-state index contributed by atoms with van der Waals surface area (Å²) in [7, 11) is 0. The maximum atomic E-state index is 6.40. The van der Waals surface area contributed by atoms with Crippen molar-refractivity contribution in [1.82, 2.24) is 0 Å². The standard InChI is InChI=1S/C36H40Cl2N6O2/c1-3-5-23-45-31-15-17-35(33(37)25-31)41-39-27-7-11-29(12-8-27)43-19-21-44(22-20-43)30-13-9-28(10-14-30)40-42-36-18-16-32(26-34(36)38)46-24-6-4-2/h7-18,25-26H,3-6,19-24H2,1-2H3/b41-39+,42-40+. The van der Waals surface area contributed by atoms with Crippen LogP contribution in [0.25, 0.3) is 0 Å². The van der Waals surface area contributed by atoms with Gasteiger partial charge in [-0.05, 0) is 85.6 Å². The molecular weight excluding hydrogens is 619 g/mol. The van der Waals surface area contributed by atoms with E-state index in [4.69, 9.17) is 32.7 Å². The summed E-state index contributed by atoms with van der Waals surface area (Å²) in [4.78, 5) is 4.77. The van der Waals surface area contributed by atoms with Crippen LogP contribution in [0.3, 0.4) is 0 Å². The highest BCUT2D eigenvalue weighted by Gasteiger charge is 2.17. The molecule has 46 heavy (non-hydrogen) atoms. The van der Waals surface area contributed by atoms with E-state index in [1.165, 1.54) is 11.4 Å². The van der Waals surface area contributed by atoms with Gasteiger partial charge in [-0.25, -0.2) is 0 Å². The van der Waals surface area contributed by atoms with Gasteiger partial charge in [-0.3, -0.25) is 0 Å². The van der Waals surface area contributed by atoms with Crippen LogP contribution in [0, 0.1) is 0 Å². The molecule has 240 valence electrons. The highest BCUT2D eigenvalue weighted by Crippen LogP contribution is 2.33. The van der Waals surface area contributed by atoms with Crippen LogP contribution in [0.4, 0.5) is 34.1 Å². The molecule has 1 saturated heterocycles.